The fraction of sp³-hybridized carbons (Fsp3) is 0.765. The Balaban J connectivity index is 1.63. The van der Waals surface area contributed by atoms with E-state index in [0.29, 0.717) is 25.6 Å². The Morgan fingerprint density at radius 2 is 2.22 bits per heavy atom. The predicted octanol–water partition coefficient (Wildman–Crippen LogP) is 2.66. The second-order valence-electron chi connectivity index (χ2n) is 6.94. The van der Waals surface area contributed by atoms with Crippen LogP contribution >= 0.6 is 11.3 Å². The van der Waals surface area contributed by atoms with Gasteiger partial charge in [0.25, 0.3) is 5.91 Å². The molecule has 0 radical (unpaired) electrons. The molecular weight excluding hydrogens is 312 g/mol. The molecule has 1 amide bonds. The number of hydrogen-bond acceptors (Lipinski definition) is 5. The van der Waals surface area contributed by atoms with Crippen molar-refractivity contribution < 1.29 is 14.6 Å². The van der Waals surface area contributed by atoms with E-state index < -0.39 is 0 Å². The standard InChI is InChI=1S/C17H26N2O3S/c1-4-22-14-9-13(20)17(14)5-7-19(8-6-17)16(21)12-10-18-15(23-12)11(2)3/h10-11,13-14,20H,4-9H2,1-3H3. The van der Waals surface area contributed by atoms with E-state index in [1.54, 1.807) is 6.20 Å². The zero-order chi connectivity index (χ0) is 16.6. The average Bonchev–Trinajstić information content (AvgIpc) is 3.04. The van der Waals surface area contributed by atoms with Gasteiger partial charge in [0.2, 0.25) is 0 Å². The summed E-state index contributed by atoms with van der Waals surface area (Å²) in [7, 11) is 0. The largest absolute Gasteiger partial charge is 0.392 e. The molecule has 1 aliphatic heterocycles. The summed E-state index contributed by atoms with van der Waals surface area (Å²) in [5, 5.41) is 11.2. The van der Waals surface area contributed by atoms with Crippen LogP contribution in [-0.2, 0) is 4.74 Å². The van der Waals surface area contributed by atoms with Crippen LogP contribution in [0.1, 0.15) is 60.6 Å². The van der Waals surface area contributed by atoms with E-state index >= 15 is 0 Å². The van der Waals surface area contributed by atoms with Gasteiger partial charge in [0.15, 0.2) is 0 Å². The maximum Gasteiger partial charge on any atom is 0.265 e. The highest BCUT2D eigenvalue weighted by Crippen LogP contribution is 2.51. The van der Waals surface area contributed by atoms with Crippen molar-refractivity contribution >= 4 is 17.2 Å². The maximum absolute atomic E-state index is 12.6. The van der Waals surface area contributed by atoms with Gasteiger partial charge in [-0.15, -0.1) is 11.3 Å². The molecule has 128 valence electrons. The van der Waals surface area contributed by atoms with Gasteiger partial charge in [-0.05, 0) is 19.8 Å². The van der Waals surface area contributed by atoms with Gasteiger partial charge in [-0.25, -0.2) is 4.98 Å². The molecule has 0 bridgehead atoms. The SMILES string of the molecule is CCOC1CC(O)C12CCN(C(=O)c1cnc(C(C)C)s1)CC2. The minimum absolute atomic E-state index is 0.0750. The van der Waals surface area contributed by atoms with Gasteiger partial charge in [0.05, 0.1) is 23.4 Å². The van der Waals surface area contributed by atoms with Gasteiger partial charge in [0, 0.05) is 37.5 Å². The molecule has 23 heavy (non-hydrogen) atoms. The van der Waals surface area contributed by atoms with Crippen LogP contribution in [0.5, 0.6) is 0 Å². The summed E-state index contributed by atoms with van der Waals surface area (Å²) in [6.45, 7) is 8.23. The Bertz CT molecular complexity index is 562. The summed E-state index contributed by atoms with van der Waals surface area (Å²) < 4.78 is 5.78. The number of thiazole rings is 1. The van der Waals surface area contributed by atoms with Gasteiger partial charge < -0.3 is 14.7 Å². The number of aliphatic hydroxyl groups is 1. The quantitative estimate of drug-likeness (QED) is 0.917. The Labute approximate surface area is 141 Å². The summed E-state index contributed by atoms with van der Waals surface area (Å²) in [5.74, 6) is 0.425. The molecule has 1 aliphatic carbocycles. The number of nitrogens with zero attached hydrogens (tertiary/aromatic N) is 2. The zero-order valence-electron chi connectivity index (χ0n) is 14.1. The first kappa shape index (κ1) is 16.9. The van der Waals surface area contributed by atoms with Crippen LogP contribution in [0.25, 0.3) is 0 Å². The molecule has 6 heteroatoms. The molecule has 3 rings (SSSR count). The highest BCUT2D eigenvalue weighted by atomic mass is 32.1. The molecule has 1 spiro atoms. The third-order valence-corrected chi connectivity index (χ3v) is 6.61. The first-order valence-electron chi connectivity index (χ1n) is 8.52. The van der Waals surface area contributed by atoms with Crippen molar-refractivity contribution in [3.05, 3.63) is 16.1 Å². The number of carbonyl (C=O) groups is 1. The molecule has 2 atom stereocenters. The molecular formula is C17H26N2O3S. The topological polar surface area (TPSA) is 62.7 Å². The minimum Gasteiger partial charge on any atom is -0.392 e. The van der Waals surface area contributed by atoms with Crippen LogP contribution in [0.4, 0.5) is 0 Å². The van der Waals surface area contributed by atoms with Gasteiger partial charge in [-0.2, -0.15) is 0 Å². The highest BCUT2D eigenvalue weighted by Gasteiger charge is 2.56. The Morgan fingerprint density at radius 3 is 2.74 bits per heavy atom. The summed E-state index contributed by atoms with van der Waals surface area (Å²) in [5.41, 5.74) is -0.135. The summed E-state index contributed by atoms with van der Waals surface area (Å²) >= 11 is 1.50. The molecule has 1 N–H and O–H groups in total. The minimum atomic E-state index is -0.285. The molecule has 1 aromatic heterocycles. The van der Waals surface area contributed by atoms with Crippen molar-refractivity contribution in [1.29, 1.82) is 0 Å². The van der Waals surface area contributed by atoms with E-state index in [9.17, 15) is 9.90 Å². The zero-order valence-corrected chi connectivity index (χ0v) is 14.9. The Kier molecular flexibility index (Phi) is 4.76. The third-order valence-electron chi connectivity index (χ3n) is 5.32. The van der Waals surface area contributed by atoms with E-state index in [1.165, 1.54) is 11.3 Å². The van der Waals surface area contributed by atoms with Crippen LogP contribution < -0.4 is 0 Å². The fourth-order valence-corrected chi connectivity index (χ4v) is 4.64. The van der Waals surface area contributed by atoms with Crippen LogP contribution in [0.3, 0.4) is 0 Å². The average molecular weight is 338 g/mol. The number of carbonyl (C=O) groups excluding carboxylic acids is 1. The fourth-order valence-electron chi connectivity index (χ4n) is 3.75. The third kappa shape index (κ3) is 2.92. The van der Waals surface area contributed by atoms with Crippen LogP contribution in [0, 0.1) is 5.41 Å². The van der Waals surface area contributed by atoms with Crippen molar-refractivity contribution in [3.63, 3.8) is 0 Å². The molecule has 2 aliphatic rings. The number of amides is 1. The number of rotatable bonds is 4. The van der Waals surface area contributed by atoms with E-state index in [2.05, 4.69) is 18.8 Å². The summed E-state index contributed by atoms with van der Waals surface area (Å²) in [4.78, 5) is 19.6. The Hall–Kier alpha value is -0.980. The van der Waals surface area contributed by atoms with Gasteiger partial charge in [0.1, 0.15) is 4.88 Å². The van der Waals surface area contributed by atoms with Gasteiger partial charge >= 0.3 is 0 Å². The molecule has 1 saturated heterocycles. The number of ether oxygens (including phenoxy) is 1. The van der Waals surface area contributed by atoms with E-state index in [-0.39, 0.29) is 23.5 Å². The number of likely N-dealkylation sites (tertiary alicyclic amines) is 1. The maximum atomic E-state index is 12.6. The summed E-state index contributed by atoms with van der Waals surface area (Å²) in [6, 6.07) is 0. The van der Waals surface area contributed by atoms with E-state index in [1.807, 2.05) is 11.8 Å². The smallest absolute Gasteiger partial charge is 0.265 e. The molecule has 2 unspecified atom stereocenters. The lowest BCUT2D eigenvalue weighted by Gasteiger charge is -2.56. The Morgan fingerprint density at radius 1 is 1.52 bits per heavy atom. The van der Waals surface area contributed by atoms with Crippen molar-refractivity contribution in [2.24, 2.45) is 5.41 Å². The number of aliphatic hydroxyl groups excluding tert-OH is 1. The highest BCUT2D eigenvalue weighted by molar-refractivity contribution is 7.13. The number of aromatic nitrogens is 1. The molecule has 5 nitrogen and oxygen atoms in total. The normalized spacial score (nSPS) is 26.6. The first-order chi connectivity index (χ1) is 11.0. The molecule has 2 heterocycles. The second-order valence-corrected chi connectivity index (χ2v) is 8.00. The lowest BCUT2D eigenvalue weighted by atomic mass is 9.58. The molecule has 2 fully saturated rings. The van der Waals surface area contributed by atoms with Gasteiger partial charge in [-0.3, -0.25) is 4.79 Å². The van der Waals surface area contributed by atoms with Gasteiger partial charge in [-0.1, -0.05) is 13.8 Å². The van der Waals surface area contributed by atoms with Crippen LogP contribution in [-0.4, -0.2) is 52.8 Å². The molecule has 1 saturated carbocycles. The van der Waals surface area contributed by atoms with Crippen molar-refractivity contribution in [3.8, 4) is 0 Å². The number of piperidine rings is 1. The second kappa shape index (κ2) is 6.49. The van der Waals surface area contributed by atoms with E-state index in [4.69, 9.17) is 4.74 Å². The monoisotopic (exact) mass is 338 g/mol. The van der Waals surface area contributed by atoms with Crippen molar-refractivity contribution in [1.82, 2.24) is 9.88 Å². The van der Waals surface area contributed by atoms with Crippen molar-refractivity contribution in [2.45, 2.75) is 58.2 Å². The van der Waals surface area contributed by atoms with E-state index in [0.717, 1.165) is 29.1 Å². The first-order valence-corrected chi connectivity index (χ1v) is 9.34. The lowest BCUT2D eigenvalue weighted by Crippen LogP contribution is -2.62. The van der Waals surface area contributed by atoms with Crippen LogP contribution in [0.2, 0.25) is 0 Å². The predicted molar refractivity (Wildman–Crippen MR) is 89.8 cm³/mol. The number of hydrogen-bond donors (Lipinski definition) is 1. The molecule has 1 aromatic rings. The summed E-state index contributed by atoms with van der Waals surface area (Å²) in [6.07, 6.45) is 3.94. The molecule has 0 aromatic carbocycles. The lowest BCUT2D eigenvalue weighted by molar-refractivity contribution is -0.207. The van der Waals surface area contributed by atoms with Crippen molar-refractivity contribution in [2.75, 3.05) is 19.7 Å². The van der Waals surface area contributed by atoms with Crippen LogP contribution in [0.15, 0.2) is 6.20 Å².